The monoisotopic (exact) mass is 285 g/mol. The van der Waals surface area contributed by atoms with Crippen molar-refractivity contribution in [2.45, 2.75) is 51.6 Å². The number of nitrogens with one attached hydrogen (secondary N) is 1. The fourth-order valence-corrected chi connectivity index (χ4v) is 2.81. The molecule has 2 rings (SSSR count). The molecule has 0 aromatic carbocycles. The van der Waals surface area contributed by atoms with Crippen LogP contribution in [0.4, 0.5) is 0 Å². The summed E-state index contributed by atoms with van der Waals surface area (Å²) in [5, 5.41) is 17.3. The predicted molar refractivity (Wildman–Crippen MR) is 73.1 cm³/mol. The smallest absolute Gasteiger partial charge is 0.242 e. The lowest BCUT2D eigenvalue weighted by atomic mass is 9.99. The molecule has 1 aromatic rings. The maximum atomic E-state index is 12.1. The highest BCUT2D eigenvalue weighted by Gasteiger charge is 2.34. The first kappa shape index (κ1) is 14.3. The van der Waals surface area contributed by atoms with Crippen LogP contribution in [0.25, 0.3) is 0 Å². The van der Waals surface area contributed by atoms with Crippen molar-refractivity contribution in [3.8, 4) is 0 Å². The highest BCUT2D eigenvalue weighted by molar-refractivity contribution is 6.31. The summed E-state index contributed by atoms with van der Waals surface area (Å²) in [6.45, 7) is 3.79. The molecule has 1 aliphatic carbocycles. The van der Waals surface area contributed by atoms with Gasteiger partial charge in [0.15, 0.2) is 0 Å². The number of aliphatic hydroxyl groups excluding tert-OH is 1. The molecule has 1 heterocycles. The molecule has 0 unspecified atom stereocenters. The van der Waals surface area contributed by atoms with Crippen LogP contribution in [-0.2, 0) is 11.3 Å². The van der Waals surface area contributed by atoms with Crippen LogP contribution in [-0.4, -0.2) is 32.9 Å². The zero-order valence-corrected chi connectivity index (χ0v) is 12.1. The molecular formula is C13H20ClN3O2. The quantitative estimate of drug-likeness (QED) is 0.882. The van der Waals surface area contributed by atoms with Crippen LogP contribution in [0.1, 0.15) is 37.1 Å². The summed E-state index contributed by atoms with van der Waals surface area (Å²) in [5.74, 6) is -0.127. The van der Waals surface area contributed by atoms with E-state index in [-0.39, 0.29) is 19.1 Å². The number of carbonyl (C=O) groups is 1. The van der Waals surface area contributed by atoms with E-state index in [9.17, 15) is 9.90 Å². The molecule has 5 nitrogen and oxygen atoms in total. The molecule has 1 fully saturated rings. The van der Waals surface area contributed by atoms with Gasteiger partial charge in [-0.3, -0.25) is 9.48 Å². The lowest BCUT2D eigenvalue weighted by Gasteiger charge is -2.28. The highest BCUT2D eigenvalue weighted by atomic mass is 35.5. The summed E-state index contributed by atoms with van der Waals surface area (Å²) in [4.78, 5) is 12.1. The minimum atomic E-state index is -0.434. The Balaban J connectivity index is 2.03. The molecule has 0 atom stereocenters. The molecule has 0 saturated heterocycles. The highest BCUT2D eigenvalue weighted by Crippen LogP contribution is 2.29. The lowest BCUT2D eigenvalue weighted by molar-refractivity contribution is -0.124. The first-order valence-corrected chi connectivity index (χ1v) is 6.96. The van der Waals surface area contributed by atoms with Gasteiger partial charge in [-0.2, -0.15) is 5.10 Å². The summed E-state index contributed by atoms with van der Waals surface area (Å²) >= 11 is 6.05. The third-order valence-electron chi connectivity index (χ3n) is 3.85. The zero-order valence-electron chi connectivity index (χ0n) is 11.4. The second-order valence-corrected chi connectivity index (χ2v) is 5.71. The van der Waals surface area contributed by atoms with Gasteiger partial charge in [0.25, 0.3) is 0 Å². The van der Waals surface area contributed by atoms with Gasteiger partial charge in [-0.25, -0.2) is 0 Å². The molecule has 6 heteroatoms. The molecule has 1 aliphatic rings. The first-order chi connectivity index (χ1) is 8.97. The Labute approximate surface area is 117 Å². The molecule has 19 heavy (non-hydrogen) atoms. The topological polar surface area (TPSA) is 67.2 Å². The van der Waals surface area contributed by atoms with Crippen molar-refractivity contribution in [2.75, 3.05) is 6.61 Å². The lowest BCUT2D eigenvalue weighted by Crippen LogP contribution is -2.50. The number of nitrogens with zero attached hydrogens (tertiary/aromatic N) is 2. The van der Waals surface area contributed by atoms with Gasteiger partial charge in [-0.1, -0.05) is 24.4 Å². The zero-order chi connectivity index (χ0) is 14.0. The summed E-state index contributed by atoms with van der Waals surface area (Å²) in [5.41, 5.74) is 1.08. The molecule has 1 amide bonds. The van der Waals surface area contributed by atoms with Crippen LogP contribution in [0.2, 0.25) is 5.02 Å². The molecule has 0 radical (unpaired) electrons. The fraction of sp³-hybridized carbons (Fsp3) is 0.692. The van der Waals surface area contributed by atoms with Gasteiger partial charge in [-0.05, 0) is 26.7 Å². The van der Waals surface area contributed by atoms with Crippen LogP contribution >= 0.6 is 11.6 Å². The van der Waals surface area contributed by atoms with E-state index in [1.54, 1.807) is 4.68 Å². The Bertz CT molecular complexity index is 478. The standard InChI is InChI=1S/C13H20ClN3O2/c1-9-12(14)10(2)17(16-9)7-11(19)15-13(8-18)5-3-4-6-13/h18H,3-8H2,1-2H3,(H,15,19). The molecule has 1 aromatic heterocycles. The van der Waals surface area contributed by atoms with Gasteiger partial charge in [0.2, 0.25) is 5.91 Å². The Morgan fingerprint density at radius 2 is 2.11 bits per heavy atom. The van der Waals surface area contributed by atoms with Crippen molar-refractivity contribution in [1.29, 1.82) is 0 Å². The van der Waals surface area contributed by atoms with E-state index in [2.05, 4.69) is 10.4 Å². The number of aryl methyl sites for hydroxylation is 1. The average Bonchev–Trinajstić information content (AvgIpc) is 2.92. The van der Waals surface area contributed by atoms with E-state index < -0.39 is 5.54 Å². The summed E-state index contributed by atoms with van der Waals surface area (Å²) in [6.07, 6.45) is 3.78. The van der Waals surface area contributed by atoms with Gasteiger partial charge < -0.3 is 10.4 Å². The summed E-state index contributed by atoms with van der Waals surface area (Å²) in [7, 11) is 0. The number of rotatable bonds is 4. The van der Waals surface area contributed by atoms with E-state index in [1.165, 1.54) is 0 Å². The predicted octanol–water partition coefficient (Wildman–Crippen LogP) is 1.57. The summed E-state index contributed by atoms with van der Waals surface area (Å²) < 4.78 is 1.60. The number of aromatic nitrogens is 2. The molecule has 2 N–H and O–H groups in total. The average molecular weight is 286 g/mol. The second-order valence-electron chi connectivity index (χ2n) is 5.34. The van der Waals surface area contributed by atoms with E-state index in [4.69, 9.17) is 11.6 Å². The Morgan fingerprint density at radius 3 is 2.58 bits per heavy atom. The maximum Gasteiger partial charge on any atom is 0.242 e. The molecule has 0 aliphatic heterocycles. The Morgan fingerprint density at radius 1 is 1.47 bits per heavy atom. The third-order valence-corrected chi connectivity index (χ3v) is 4.40. The normalized spacial score (nSPS) is 17.7. The van der Waals surface area contributed by atoms with Crippen LogP contribution in [0.3, 0.4) is 0 Å². The van der Waals surface area contributed by atoms with Crippen LogP contribution in [0.15, 0.2) is 0 Å². The van der Waals surface area contributed by atoms with E-state index in [0.717, 1.165) is 37.1 Å². The molecule has 0 spiro atoms. The van der Waals surface area contributed by atoms with Crippen molar-refractivity contribution < 1.29 is 9.90 Å². The van der Waals surface area contributed by atoms with Crippen LogP contribution in [0, 0.1) is 13.8 Å². The number of aliphatic hydroxyl groups is 1. The van der Waals surface area contributed by atoms with E-state index in [0.29, 0.717) is 5.02 Å². The number of hydrogen-bond donors (Lipinski definition) is 2. The van der Waals surface area contributed by atoms with Gasteiger partial charge in [0.1, 0.15) is 6.54 Å². The van der Waals surface area contributed by atoms with Crippen LogP contribution < -0.4 is 5.32 Å². The van der Waals surface area contributed by atoms with Crippen molar-refractivity contribution in [2.24, 2.45) is 0 Å². The molecule has 106 valence electrons. The number of amides is 1. The van der Waals surface area contributed by atoms with Crippen molar-refractivity contribution in [1.82, 2.24) is 15.1 Å². The second kappa shape index (κ2) is 5.51. The number of halogens is 1. The van der Waals surface area contributed by atoms with Crippen molar-refractivity contribution in [3.63, 3.8) is 0 Å². The summed E-state index contributed by atoms with van der Waals surface area (Å²) in [6, 6.07) is 0. The minimum Gasteiger partial charge on any atom is -0.394 e. The van der Waals surface area contributed by atoms with Crippen molar-refractivity contribution >= 4 is 17.5 Å². The molecule has 1 saturated carbocycles. The van der Waals surface area contributed by atoms with Gasteiger partial charge in [0, 0.05) is 0 Å². The molecule has 0 bridgehead atoms. The number of carbonyl (C=O) groups excluding carboxylic acids is 1. The van der Waals surface area contributed by atoms with Gasteiger partial charge in [0.05, 0.1) is 28.6 Å². The van der Waals surface area contributed by atoms with Gasteiger partial charge in [-0.15, -0.1) is 0 Å². The first-order valence-electron chi connectivity index (χ1n) is 6.59. The largest absolute Gasteiger partial charge is 0.394 e. The third kappa shape index (κ3) is 2.92. The van der Waals surface area contributed by atoms with E-state index >= 15 is 0 Å². The van der Waals surface area contributed by atoms with Crippen LogP contribution in [0.5, 0.6) is 0 Å². The minimum absolute atomic E-state index is 0.00336. The maximum absolute atomic E-state index is 12.1. The SMILES string of the molecule is Cc1nn(CC(=O)NC2(CO)CCCC2)c(C)c1Cl. The van der Waals surface area contributed by atoms with Gasteiger partial charge >= 0.3 is 0 Å². The number of hydrogen-bond acceptors (Lipinski definition) is 3. The van der Waals surface area contributed by atoms with E-state index in [1.807, 2.05) is 13.8 Å². The molecular weight excluding hydrogens is 266 g/mol. The van der Waals surface area contributed by atoms with Crippen molar-refractivity contribution in [3.05, 3.63) is 16.4 Å². The fourth-order valence-electron chi connectivity index (χ4n) is 2.67. The Hall–Kier alpha value is -1.07. The Kier molecular flexibility index (Phi) is 4.16.